The van der Waals surface area contributed by atoms with Crippen molar-refractivity contribution in [3.05, 3.63) is 84.2 Å². The lowest BCUT2D eigenvalue weighted by atomic mass is 10.1. The first kappa shape index (κ1) is 25.4. The number of halogens is 1. The molecule has 2 fully saturated rings. The number of benzene rings is 2. The molecule has 4 atom stereocenters. The van der Waals surface area contributed by atoms with Crippen LogP contribution in [0.1, 0.15) is 36.0 Å². The van der Waals surface area contributed by atoms with Crippen LogP contribution in [0.3, 0.4) is 0 Å². The first-order valence-electron chi connectivity index (χ1n) is 12.7. The van der Waals surface area contributed by atoms with E-state index in [0.29, 0.717) is 29.1 Å². The molecule has 10 nitrogen and oxygen atoms in total. The van der Waals surface area contributed by atoms with Gasteiger partial charge in [0.2, 0.25) is 0 Å². The zero-order valence-corrected chi connectivity index (χ0v) is 21.7. The molecule has 2 aliphatic rings. The number of esters is 1. The Hall–Kier alpha value is -3.93. The van der Waals surface area contributed by atoms with Crippen LogP contribution in [-0.2, 0) is 25.5 Å². The summed E-state index contributed by atoms with van der Waals surface area (Å²) in [6.07, 6.45) is 0.944. The second kappa shape index (κ2) is 9.99. The maximum atomic E-state index is 13.7. The van der Waals surface area contributed by atoms with E-state index in [0.717, 1.165) is 5.56 Å². The number of nitrogens with zero attached hydrogens (tertiary/aromatic N) is 5. The first-order chi connectivity index (χ1) is 18.8. The smallest absolute Gasteiger partial charge is 0.338 e. The van der Waals surface area contributed by atoms with Gasteiger partial charge in [0.15, 0.2) is 29.0 Å². The van der Waals surface area contributed by atoms with E-state index in [1.54, 1.807) is 41.2 Å². The van der Waals surface area contributed by atoms with E-state index in [-0.39, 0.29) is 12.4 Å². The molecule has 202 valence electrons. The van der Waals surface area contributed by atoms with E-state index in [1.807, 2.05) is 37.9 Å². The Bertz CT molecular complexity index is 1500. The molecule has 0 bridgehead atoms. The van der Waals surface area contributed by atoms with E-state index in [9.17, 15) is 9.18 Å². The highest BCUT2D eigenvalue weighted by molar-refractivity contribution is 5.89. The van der Waals surface area contributed by atoms with Crippen molar-refractivity contribution >= 4 is 23.0 Å². The Balaban J connectivity index is 1.25. The highest BCUT2D eigenvalue weighted by Crippen LogP contribution is 2.44. The van der Waals surface area contributed by atoms with Gasteiger partial charge in [0.25, 0.3) is 0 Å². The number of fused-ring (bicyclic) bond motifs is 2. The van der Waals surface area contributed by atoms with Crippen LogP contribution >= 0.6 is 0 Å². The molecule has 0 spiro atoms. The minimum absolute atomic E-state index is 0.00588. The van der Waals surface area contributed by atoms with Crippen LogP contribution in [0.5, 0.6) is 0 Å². The highest BCUT2D eigenvalue weighted by Gasteiger charge is 2.56. The summed E-state index contributed by atoms with van der Waals surface area (Å²) in [4.78, 5) is 27.9. The molecule has 11 heteroatoms. The monoisotopic (exact) mass is 533 g/mol. The van der Waals surface area contributed by atoms with E-state index in [2.05, 4.69) is 15.0 Å². The molecule has 4 aromatic rings. The summed E-state index contributed by atoms with van der Waals surface area (Å²) in [6, 6.07) is 15.2. The average Bonchev–Trinajstić information content (AvgIpc) is 3.58. The predicted octanol–water partition coefficient (Wildman–Crippen LogP) is 3.88. The molecule has 2 saturated heterocycles. The number of rotatable bonds is 7. The molecule has 6 rings (SSSR count). The largest absolute Gasteiger partial charge is 0.459 e. The summed E-state index contributed by atoms with van der Waals surface area (Å²) in [5.74, 6) is -0.989. The van der Waals surface area contributed by atoms with E-state index >= 15 is 0 Å². The molecule has 0 N–H and O–H groups in total. The molecule has 2 aromatic carbocycles. The van der Waals surface area contributed by atoms with Crippen LogP contribution in [0.25, 0.3) is 11.2 Å². The second-order valence-corrected chi connectivity index (χ2v) is 10.1. The van der Waals surface area contributed by atoms with Gasteiger partial charge >= 0.3 is 5.97 Å². The number of carbonyl (C=O) groups excluding carboxylic acids is 1. The third-order valence-electron chi connectivity index (χ3n) is 6.80. The number of hydrogen-bond acceptors (Lipinski definition) is 9. The average molecular weight is 534 g/mol. The Morgan fingerprint density at radius 3 is 2.67 bits per heavy atom. The van der Waals surface area contributed by atoms with Gasteiger partial charge < -0.3 is 23.8 Å². The zero-order valence-electron chi connectivity index (χ0n) is 21.7. The molecule has 2 aromatic heterocycles. The number of ether oxygens (including phenoxy) is 4. The van der Waals surface area contributed by atoms with Crippen molar-refractivity contribution in [3.63, 3.8) is 0 Å². The van der Waals surface area contributed by atoms with Crippen molar-refractivity contribution < 1.29 is 28.1 Å². The van der Waals surface area contributed by atoms with Gasteiger partial charge in [-0.1, -0.05) is 30.3 Å². The molecule has 0 unspecified atom stereocenters. The van der Waals surface area contributed by atoms with Gasteiger partial charge in [0.05, 0.1) is 11.9 Å². The van der Waals surface area contributed by atoms with Gasteiger partial charge in [0.1, 0.15) is 37.1 Å². The molecule has 0 radical (unpaired) electrons. The summed E-state index contributed by atoms with van der Waals surface area (Å²) < 4.78 is 39.8. The van der Waals surface area contributed by atoms with Gasteiger partial charge in [-0.3, -0.25) is 4.57 Å². The fraction of sp³-hybridized carbons (Fsp3) is 0.357. The number of carbonyl (C=O) groups is 1. The second-order valence-electron chi connectivity index (χ2n) is 10.1. The minimum Gasteiger partial charge on any atom is -0.459 e. The van der Waals surface area contributed by atoms with E-state index < -0.39 is 36.3 Å². The molecule has 4 heterocycles. The first-order valence-corrected chi connectivity index (χ1v) is 12.7. The fourth-order valence-corrected chi connectivity index (χ4v) is 5.12. The quantitative estimate of drug-likeness (QED) is 0.328. The third-order valence-corrected chi connectivity index (χ3v) is 6.80. The Morgan fingerprint density at radius 2 is 1.87 bits per heavy atom. The Kier molecular flexibility index (Phi) is 6.49. The van der Waals surface area contributed by atoms with Crippen molar-refractivity contribution in [1.82, 2.24) is 19.5 Å². The van der Waals surface area contributed by atoms with Crippen molar-refractivity contribution in [2.45, 2.75) is 50.7 Å². The molecule has 2 aliphatic heterocycles. The SMILES string of the molecule is CN(Cc1cccc(F)c1)c1ncnc2c1ncn2[C@@H]1O[C@H](COC(=O)c2ccccc2)[C@H]2OC(C)(C)O[C@H]21. The molecular formula is C28H28FN5O5. The lowest BCUT2D eigenvalue weighted by molar-refractivity contribution is -0.199. The van der Waals surface area contributed by atoms with Crippen LogP contribution < -0.4 is 4.90 Å². The van der Waals surface area contributed by atoms with Crippen LogP contribution in [0.15, 0.2) is 67.3 Å². The molecule has 0 saturated carbocycles. The summed E-state index contributed by atoms with van der Waals surface area (Å²) in [5, 5.41) is 0. The topological polar surface area (TPSA) is 101 Å². The van der Waals surface area contributed by atoms with Gasteiger partial charge in [0, 0.05) is 13.6 Å². The number of hydrogen-bond donors (Lipinski definition) is 0. The standard InChI is InChI=1S/C28H28FN5O5/c1-28(2)38-22-20(14-36-27(35)18-9-5-4-6-10-18)37-26(23(22)39-28)34-16-32-21-24(30-15-31-25(21)34)33(3)13-17-8-7-11-19(29)12-17/h4-12,15-16,20,22-23,26H,13-14H2,1-3H3/t20-,22-,23-,26-/m1/s1. The summed E-state index contributed by atoms with van der Waals surface area (Å²) in [5.41, 5.74) is 2.37. The molecule has 39 heavy (non-hydrogen) atoms. The van der Waals surface area contributed by atoms with Crippen molar-refractivity contribution in [3.8, 4) is 0 Å². The van der Waals surface area contributed by atoms with Gasteiger partial charge in [-0.05, 0) is 43.7 Å². The summed E-state index contributed by atoms with van der Waals surface area (Å²) in [6.45, 7) is 4.10. The maximum Gasteiger partial charge on any atom is 0.338 e. The minimum atomic E-state index is -0.846. The van der Waals surface area contributed by atoms with Crippen molar-refractivity contribution in [1.29, 1.82) is 0 Å². The third kappa shape index (κ3) is 4.96. The predicted molar refractivity (Wildman–Crippen MR) is 138 cm³/mol. The summed E-state index contributed by atoms with van der Waals surface area (Å²) >= 11 is 0. The van der Waals surface area contributed by atoms with Crippen LogP contribution in [0, 0.1) is 5.82 Å². The number of anilines is 1. The van der Waals surface area contributed by atoms with Gasteiger partial charge in [-0.15, -0.1) is 0 Å². The van der Waals surface area contributed by atoms with Crippen molar-refractivity contribution in [2.75, 3.05) is 18.6 Å². The van der Waals surface area contributed by atoms with Crippen LogP contribution in [-0.4, -0.2) is 63.2 Å². The highest BCUT2D eigenvalue weighted by atomic mass is 19.1. The maximum absolute atomic E-state index is 13.7. The Labute approximate surface area is 224 Å². The van der Waals surface area contributed by atoms with Crippen LogP contribution in [0.4, 0.5) is 10.2 Å². The van der Waals surface area contributed by atoms with E-state index in [1.165, 1.54) is 18.5 Å². The van der Waals surface area contributed by atoms with Crippen LogP contribution in [0.2, 0.25) is 0 Å². The molecular weight excluding hydrogens is 505 g/mol. The van der Waals surface area contributed by atoms with Crippen molar-refractivity contribution in [2.24, 2.45) is 0 Å². The lowest BCUT2D eigenvalue weighted by Gasteiger charge is -2.24. The lowest BCUT2D eigenvalue weighted by Crippen LogP contribution is -2.33. The molecule has 0 amide bonds. The van der Waals surface area contributed by atoms with E-state index in [4.69, 9.17) is 18.9 Å². The summed E-state index contributed by atoms with van der Waals surface area (Å²) in [7, 11) is 1.86. The molecule has 0 aliphatic carbocycles. The normalized spacial score (nSPS) is 23.6. The zero-order chi connectivity index (χ0) is 27.1. The number of aromatic nitrogens is 4. The van der Waals surface area contributed by atoms with Gasteiger partial charge in [-0.2, -0.15) is 0 Å². The van der Waals surface area contributed by atoms with Gasteiger partial charge in [-0.25, -0.2) is 24.1 Å². The fourth-order valence-electron chi connectivity index (χ4n) is 5.12. The number of imidazole rings is 1. The Morgan fingerprint density at radius 1 is 1.08 bits per heavy atom.